The van der Waals surface area contributed by atoms with E-state index in [1.54, 1.807) is 39.0 Å². The Hall–Kier alpha value is -2.47. The number of hydrogen-bond acceptors (Lipinski definition) is 4. The molecule has 0 atom stereocenters. The Morgan fingerprint density at radius 2 is 1.65 bits per heavy atom. The van der Waals surface area contributed by atoms with E-state index < -0.39 is 21.3 Å². The maximum absolute atomic E-state index is 13.8. The van der Waals surface area contributed by atoms with Gasteiger partial charge in [0, 0.05) is 11.8 Å². The van der Waals surface area contributed by atoms with E-state index in [0.29, 0.717) is 22.5 Å². The van der Waals surface area contributed by atoms with Crippen LogP contribution in [0.25, 0.3) is 11.3 Å². The molecule has 1 aliphatic rings. The topological polar surface area (TPSA) is 60.4 Å². The van der Waals surface area contributed by atoms with Gasteiger partial charge < -0.3 is 4.74 Å². The zero-order valence-electron chi connectivity index (χ0n) is 15.0. The Labute approximate surface area is 152 Å². The summed E-state index contributed by atoms with van der Waals surface area (Å²) < 4.78 is 43.0. The molecule has 1 heterocycles. The van der Waals surface area contributed by atoms with Crippen molar-refractivity contribution in [3.05, 3.63) is 65.0 Å². The number of aryl methyl sites for hydroxylation is 1. The second-order valence-corrected chi connectivity index (χ2v) is 8.92. The normalized spacial score (nSPS) is 16.7. The molecule has 1 aliphatic heterocycles. The molecular weight excluding hydrogens is 355 g/mol. The summed E-state index contributed by atoms with van der Waals surface area (Å²) in [7, 11) is -3.33. The molecule has 0 aliphatic carbocycles. The molecule has 0 unspecified atom stereocenters. The molecule has 4 nitrogen and oxygen atoms in total. The molecule has 0 fully saturated rings. The second-order valence-electron chi connectivity index (χ2n) is 6.90. The molecule has 0 saturated carbocycles. The number of benzene rings is 2. The van der Waals surface area contributed by atoms with Crippen molar-refractivity contribution in [3.8, 4) is 0 Å². The van der Waals surface area contributed by atoms with Crippen LogP contribution in [-0.4, -0.2) is 26.1 Å². The van der Waals surface area contributed by atoms with Crippen molar-refractivity contribution in [2.75, 3.05) is 6.26 Å². The summed E-state index contributed by atoms with van der Waals surface area (Å²) in [5.41, 5.74) is 1.01. The average molecular weight is 374 g/mol. The van der Waals surface area contributed by atoms with E-state index in [-0.39, 0.29) is 10.7 Å². The van der Waals surface area contributed by atoms with Gasteiger partial charge in [-0.2, -0.15) is 0 Å². The van der Waals surface area contributed by atoms with Gasteiger partial charge in [-0.25, -0.2) is 12.8 Å². The number of carbonyl (C=O) groups excluding carboxylic acids is 1. The van der Waals surface area contributed by atoms with Crippen LogP contribution in [-0.2, 0) is 19.4 Å². The van der Waals surface area contributed by atoms with Crippen LogP contribution in [0.4, 0.5) is 4.39 Å². The van der Waals surface area contributed by atoms with Crippen LogP contribution in [0.1, 0.15) is 30.5 Å². The zero-order valence-corrected chi connectivity index (χ0v) is 15.8. The number of carbonyl (C=O) groups is 1. The van der Waals surface area contributed by atoms with Crippen LogP contribution >= 0.6 is 0 Å². The summed E-state index contributed by atoms with van der Waals surface area (Å²) in [6, 6.07) is 10.4. The maximum atomic E-state index is 13.8. The number of halogens is 1. The average Bonchev–Trinajstić information content (AvgIpc) is 2.79. The molecule has 2 aromatic carbocycles. The van der Waals surface area contributed by atoms with E-state index >= 15 is 0 Å². The smallest absolute Gasteiger partial charge is 0.210 e. The van der Waals surface area contributed by atoms with Gasteiger partial charge in [0.05, 0.1) is 10.5 Å². The highest BCUT2D eigenvalue weighted by Gasteiger charge is 2.43. The monoisotopic (exact) mass is 374 g/mol. The van der Waals surface area contributed by atoms with Gasteiger partial charge in [-0.05, 0) is 68.3 Å². The predicted octanol–water partition coefficient (Wildman–Crippen LogP) is 3.78. The maximum Gasteiger partial charge on any atom is 0.210 e. The van der Waals surface area contributed by atoms with Gasteiger partial charge in [-0.15, -0.1) is 0 Å². The molecule has 0 saturated heterocycles. The second kappa shape index (κ2) is 6.06. The molecule has 0 bridgehead atoms. The SMILES string of the molecule is Cc1ccc(F)cc1C1=C(c2ccc(S(C)(=O)=O)cc2)OC(C)(C)C1=O. The van der Waals surface area contributed by atoms with Crippen molar-refractivity contribution in [3.63, 3.8) is 0 Å². The molecular formula is C20H19FO4S. The fourth-order valence-corrected chi connectivity index (χ4v) is 3.55. The third kappa shape index (κ3) is 3.17. The highest BCUT2D eigenvalue weighted by molar-refractivity contribution is 7.90. The Kier molecular flexibility index (Phi) is 4.27. The lowest BCUT2D eigenvalue weighted by Gasteiger charge is -2.18. The lowest BCUT2D eigenvalue weighted by atomic mass is 9.90. The van der Waals surface area contributed by atoms with E-state index in [2.05, 4.69) is 0 Å². The van der Waals surface area contributed by atoms with Gasteiger partial charge in [0.25, 0.3) is 0 Å². The highest BCUT2D eigenvalue weighted by Crippen LogP contribution is 2.42. The Morgan fingerprint density at radius 3 is 2.23 bits per heavy atom. The number of rotatable bonds is 3. The Bertz CT molecular complexity index is 1030. The van der Waals surface area contributed by atoms with Gasteiger partial charge in [-0.1, -0.05) is 6.07 Å². The van der Waals surface area contributed by atoms with Crippen LogP contribution in [0.2, 0.25) is 0 Å². The van der Waals surface area contributed by atoms with E-state index in [1.807, 2.05) is 0 Å². The van der Waals surface area contributed by atoms with E-state index in [9.17, 15) is 17.6 Å². The summed E-state index contributed by atoms with van der Waals surface area (Å²) in [6.45, 7) is 5.11. The van der Waals surface area contributed by atoms with E-state index in [1.165, 1.54) is 24.3 Å². The minimum absolute atomic E-state index is 0.175. The largest absolute Gasteiger partial charge is 0.478 e. The van der Waals surface area contributed by atoms with E-state index in [4.69, 9.17) is 4.74 Å². The molecule has 2 aromatic rings. The third-order valence-corrected chi connectivity index (χ3v) is 5.50. The van der Waals surface area contributed by atoms with Crippen molar-refractivity contribution >= 4 is 27.0 Å². The summed E-state index contributed by atoms with van der Waals surface area (Å²) in [4.78, 5) is 13.1. The first-order valence-corrected chi connectivity index (χ1v) is 9.95. The van der Waals surface area contributed by atoms with Gasteiger partial charge in [0.1, 0.15) is 11.6 Å². The van der Waals surface area contributed by atoms with E-state index in [0.717, 1.165) is 11.8 Å². The summed E-state index contributed by atoms with van der Waals surface area (Å²) >= 11 is 0. The standard InChI is InChI=1S/C20H19FO4S/c1-12-5-8-14(21)11-16(12)17-18(25-20(2,3)19(17)22)13-6-9-15(10-7-13)26(4,23)24/h5-11H,1-4H3. The zero-order chi connectivity index (χ0) is 19.3. The molecule has 6 heteroatoms. The number of Topliss-reactive ketones (excluding diaryl/α,β-unsaturated/α-hetero) is 1. The number of sulfone groups is 1. The first-order valence-electron chi connectivity index (χ1n) is 8.06. The van der Waals surface area contributed by atoms with Crippen molar-refractivity contribution < 1.29 is 22.3 Å². The summed E-state index contributed by atoms with van der Waals surface area (Å²) in [5.74, 6) is -0.357. The minimum atomic E-state index is -3.33. The van der Waals surface area contributed by atoms with Crippen LogP contribution in [0.3, 0.4) is 0 Å². The van der Waals surface area contributed by atoms with Crippen LogP contribution in [0.15, 0.2) is 47.4 Å². The quantitative estimate of drug-likeness (QED) is 0.820. The molecule has 0 spiro atoms. The number of hydrogen-bond donors (Lipinski definition) is 0. The molecule has 3 rings (SSSR count). The summed E-state index contributed by atoms with van der Waals surface area (Å²) in [6.07, 6.45) is 1.13. The molecule has 0 amide bonds. The van der Waals surface area contributed by atoms with Crippen molar-refractivity contribution in [2.45, 2.75) is 31.3 Å². The lowest BCUT2D eigenvalue weighted by molar-refractivity contribution is -0.125. The third-order valence-electron chi connectivity index (χ3n) is 4.37. The predicted molar refractivity (Wildman–Crippen MR) is 97.7 cm³/mol. The van der Waals surface area contributed by atoms with Crippen LogP contribution in [0, 0.1) is 12.7 Å². The molecule has 0 radical (unpaired) electrons. The van der Waals surface area contributed by atoms with Crippen LogP contribution < -0.4 is 0 Å². The highest BCUT2D eigenvalue weighted by atomic mass is 32.2. The molecule has 0 aromatic heterocycles. The number of ether oxygens (including phenoxy) is 1. The molecule has 0 N–H and O–H groups in total. The van der Waals surface area contributed by atoms with Crippen molar-refractivity contribution in [2.24, 2.45) is 0 Å². The Morgan fingerprint density at radius 1 is 1.04 bits per heavy atom. The molecule has 136 valence electrons. The number of ketones is 1. The first-order chi connectivity index (χ1) is 12.0. The fourth-order valence-electron chi connectivity index (χ4n) is 2.92. The minimum Gasteiger partial charge on any atom is -0.478 e. The van der Waals surface area contributed by atoms with Gasteiger partial charge in [-0.3, -0.25) is 4.79 Å². The van der Waals surface area contributed by atoms with Crippen molar-refractivity contribution in [1.29, 1.82) is 0 Å². The summed E-state index contributed by atoms with van der Waals surface area (Å²) in [5, 5.41) is 0. The lowest BCUT2D eigenvalue weighted by Crippen LogP contribution is -2.29. The fraction of sp³-hybridized carbons (Fsp3) is 0.250. The van der Waals surface area contributed by atoms with Gasteiger partial charge in [0.2, 0.25) is 5.78 Å². The van der Waals surface area contributed by atoms with Crippen LogP contribution in [0.5, 0.6) is 0 Å². The Balaban J connectivity index is 2.22. The molecule has 26 heavy (non-hydrogen) atoms. The first kappa shape index (κ1) is 18.3. The van der Waals surface area contributed by atoms with Gasteiger partial charge in [0.15, 0.2) is 15.4 Å². The van der Waals surface area contributed by atoms with Gasteiger partial charge >= 0.3 is 0 Å². The van der Waals surface area contributed by atoms with Crippen molar-refractivity contribution in [1.82, 2.24) is 0 Å².